The number of hydrogen-bond donors (Lipinski definition) is 1. The monoisotopic (exact) mass is 554 g/mol. The number of fused-ring (bicyclic) bond motifs is 2. The molecule has 0 amide bonds. The standard InChI is InChI=1S/C34H30N6O2/c1-4-9-30-36-31-21(2)18-24(33-35-27-12-7-8-13-28(27)39(33)3)19-29(31)40(30)20-22-14-16-23(17-15-22)25-10-5-6-11-26(25)32-37-34(41)42-38-32/h5-8,10-19H,4,9,20H2,1-3H3,(H,37,38,41). The summed E-state index contributed by atoms with van der Waals surface area (Å²) in [6.07, 6.45) is 1.91. The van der Waals surface area contributed by atoms with Crippen LogP contribution in [0.4, 0.5) is 0 Å². The van der Waals surface area contributed by atoms with Crippen molar-refractivity contribution in [3.63, 3.8) is 0 Å². The molecule has 208 valence electrons. The van der Waals surface area contributed by atoms with Gasteiger partial charge in [0.2, 0.25) is 0 Å². The molecule has 3 aromatic heterocycles. The van der Waals surface area contributed by atoms with Crippen LogP contribution in [0.25, 0.3) is 56.0 Å². The van der Waals surface area contributed by atoms with Gasteiger partial charge >= 0.3 is 5.76 Å². The highest BCUT2D eigenvalue weighted by Gasteiger charge is 2.18. The van der Waals surface area contributed by atoms with Crippen LogP contribution in [-0.4, -0.2) is 29.2 Å². The van der Waals surface area contributed by atoms with Crippen LogP contribution in [0, 0.1) is 6.92 Å². The van der Waals surface area contributed by atoms with E-state index in [1.165, 1.54) is 5.56 Å². The van der Waals surface area contributed by atoms with Crippen molar-refractivity contribution in [1.82, 2.24) is 29.2 Å². The molecule has 0 spiro atoms. The van der Waals surface area contributed by atoms with Crippen LogP contribution in [0.1, 0.15) is 30.3 Å². The van der Waals surface area contributed by atoms with E-state index in [2.05, 4.69) is 88.7 Å². The van der Waals surface area contributed by atoms with Crippen molar-refractivity contribution in [2.24, 2.45) is 7.05 Å². The van der Waals surface area contributed by atoms with Gasteiger partial charge in [0.05, 0.1) is 22.1 Å². The minimum Gasteiger partial charge on any atom is -0.327 e. The zero-order chi connectivity index (χ0) is 28.8. The van der Waals surface area contributed by atoms with E-state index in [0.717, 1.165) is 74.4 Å². The van der Waals surface area contributed by atoms with Gasteiger partial charge in [0.25, 0.3) is 0 Å². The molecule has 4 aromatic carbocycles. The van der Waals surface area contributed by atoms with E-state index in [1.54, 1.807) is 0 Å². The number of benzene rings is 4. The van der Waals surface area contributed by atoms with Gasteiger partial charge in [0.15, 0.2) is 5.82 Å². The summed E-state index contributed by atoms with van der Waals surface area (Å²) in [5, 5.41) is 3.89. The summed E-state index contributed by atoms with van der Waals surface area (Å²) >= 11 is 0. The molecule has 7 aromatic rings. The van der Waals surface area contributed by atoms with Gasteiger partial charge in [0, 0.05) is 31.1 Å². The maximum Gasteiger partial charge on any atom is 0.439 e. The first kappa shape index (κ1) is 25.7. The number of aryl methyl sites for hydroxylation is 3. The average Bonchev–Trinajstić information content (AvgIpc) is 3.70. The van der Waals surface area contributed by atoms with E-state index in [9.17, 15) is 4.79 Å². The molecule has 0 bridgehead atoms. The molecule has 42 heavy (non-hydrogen) atoms. The number of imidazole rings is 2. The van der Waals surface area contributed by atoms with Crippen LogP contribution in [0.3, 0.4) is 0 Å². The van der Waals surface area contributed by atoms with Crippen LogP contribution >= 0.6 is 0 Å². The molecule has 0 saturated carbocycles. The summed E-state index contributed by atoms with van der Waals surface area (Å²) in [5.41, 5.74) is 10.5. The third-order valence-electron chi connectivity index (χ3n) is 7.87. The highest BCUT2D eigenvalue weighted by atomic mass is 16.5. The summed E-state index contributed by atoms with van der Waals surface area (Å²) in [6.45, 7) is 5.03. The van der Waals surface area contributed by atoms with Gasteiger partial charge in [-0.15, -0.1) is 0 Å². The zero-order valence-electron chi connectivity index (χ0n) is 23.8. The minimum absolute atomic E-state index is 0.417. The Morgan fingerprint density at radius 3 is 2.36 bits per heavy atom. The van der Waals surface area contributed by atoms with Gasteiger partial charge in [-0.3, -0.25) is 9.51 Å². The van der Waals surface area contributed by atoms with Crippen LogP contribution in [0.5, 0.6) is 0 Å². The number of H-pyrrole nitrogens is 1. The van der Waals surface area contributed by atoms with Gasteiger partial charge in [-0.1, -0.05) is 72.7 Å². The first-order valence-electron chi connectivity index (χ1n) is 14.2. The van der Waals surface area contributed by atoms with E-state index in [-0.39, 0.29) is 0 Å². The number of aromatic amines is 1. The third kappa shape index (κ3) is 4.41. The maximum atomic E-state index is 11.6. The molecule has 0 aliphatic carbocycles. The number of rotatable bonds is 7. The number of hydrogen-bond acceptors (Lipinski definition) is 5. The highest BCUT2D eigenvalue weighted by Crippen LogP contribution is 2.32. The zero-order valence-corrected chi connectivity index (χ0v) is 23.8. The van der Waals surface area contributed by atoms with Crippen LogP contribution in [0.2, 0.25) is 0 Å². The molecule has 3 heterocycles. The van der Waals surface area contributed by atoms with E-state index in [4.69, 9.17) is 14.5 Å². The molecule has 0 atom stereocenters. The Balaban J connectivity index is 1.28. The molecule has 0 radical (unpaired) electrons. The van der Waals surface area contributed by atoms with Gasteiger partial charge in [-0.25, -0.2) is 14.8 Å². The number of nitrogens with zero attached hydrogens (tertiary/aromatic N) is 5. The normalized spacial score (nSPS) is 11.6. The third-order valence-corrected chi connectivity index (χ3v) is 7.87. The van der Waals surface area contributed by atoms with Crippen molar-refractivity contribution in [3.8, 4) is 33.9 Å². The SMILES string of the molecule is CCCc1nc2c(C)cc(-c3nc4ccccc4n3C)cc2n1Cc1ccc(-c2ccccc2-c2noc(=O)[nH]2)cc1. The first-order chi connectivity index (χ1) is 20.5. The fourth-order valence-corrected chi connectivity index (χ4v) is 5.82. The second-order valence-electron chi connectivity index (χ2n) is 10.7. The number of para-hydroxylation sites is 2. The summed E-state index contributed by atoms with van der Waals surface area (Å²) in [5.74, 6) is 1.88. The Morgan fingerprint density at radius 2 is 1.62 bits per heavy atom. The maximum absolute atomic E-state index is 11.6. The van der Waals surface area contributed by atoms with Gasteiger partial charge in [-0.05, 0) is 59.9 Å². The molecular weight excluding hydrogens is 524 g/mol. The lowest BCUT2D eigenvalue weighted by molar-refractivity contribution is 0.388. The van der Waals surface area contributed by atoms with E-state index >= 15 is 0 Å². The smallest absolute Gasteiger partial charge is 0.327 e. The average molecular weight is 555 g/mol. The summed E-state index contributed by atoms with van der Waals surface area (Å²) < 4.78 is 9.26. The Labute approximate surface area is 242 Å². The first-order valence-corrected chi connectivity index (χ1v) is 14.2. The predicted octanol–water partition coefficient (Wildman–Crippen LogP) is 6.91. The van der Waals surface area contributed by atoms with Crippen molar-refractivity contribution in [2.45, 2.75) is 33.2 Å². The lowest BCUT2D eigenvalue weighted by Crippen LogP contribution is -2.05. The topological polar surface area (TPSA) is 94.5 Å². The lowest BCUT2D eigenvalue weighted by Gasteiger charge is -2.12. The van der Waals surface area contributed by atoms with E-state index in [1.807, 2.05) is 36.4 Å². The van der Waals surface area contributed by atoms with Gasteiger partial charge in [0.1, 0.15) is 11.6 Å². The Hall–Kier alpha value is -5.24. The molecule has 0 saturated heterocycles. The molecule has 0 aliphatic heterocycles. The van der Waals surface area contributed by atoms with Crippen LogP contribution < -0.4 is 5.76 Å². The fraction of sp³-hybridized carbons (Fsp3) is 0.176. The predicted molar refractivity (Wildman–Crippen MR) is 165 cm³/mol. The number of aromatic nitrogens is 6. The molecule has 1 N–H and O–H groups in total. The molecular formula is C34H30N6O2. The van der Waals surface area contributed by atoms with Crippen molar-refractivity contribution >= 4 is 22.1 Å². The Morgan fingerprint density at radius 1 is 0.857 bits per heavy atom. The molecule has 0 fully saturated rings. The lowest BCUT2D eigenvalue weighted by atomic mass is 9.98. The van der Waals surface area contributed by atoms with Crippen molar-refractivity contribution in [2.75, 3.05) is 0 Å². The molecule has 7 rings (SSSR count). The molecule has 0 unspecified atom stereocenters. The molecule has 8 heteroatoms. The fourth-order valence-electron chi connectivity index (χ4n) is 5.82. The Kier molecular flexibility index (Phi) is 6.31. The quantitative estimate of drug-likeness (QED) is 0.231. The van der Waals surface area contributed by atoms with Gasteiger partial charge in [-0.2, -0.15) is 0 Å². The second-order valence-corrected chi connectivity index (χ2v) is 10.7. The van der Waals surface area contributed by atoms with Crippen LogP contribution in [0.15, 0.2) is 94.2 Å². The van der Waals surface area contributed by atoms with Crippen molar-refractivity contribution in [1.29, 1.82) is 0 Å². The Bertz CT molecular complexity index is 2130. The van der Waals surface area contributed by atoms with Gasteiger partial charge < -0.3 is 9.13 Å². The number of nitrogens with one attached hydrogen (secondary N) is 1. The summed E-state index contributed by atoms with van der Waals surface area (Å²) in [6, 6.07) is 29.0. The molecule has 0 aliphatic rings. The molecule has 8 nitrogen and oxygen atoms in total. The minimum atomic E-state index is -0.569. The summed E-state index contributed by atoms with van der Waals surface area (Å²) in [7, 11) is 2.07. The highest BCUT2D eigenvalue weighted by molar-refractivity contribution is 5.87. The largest absolute Gasteiger partial charge is 0.439 e. The van der Waals surface area contributed by atoms with E-state index in [0.29, 0.717) is 12.4 Å². The van der Waals surface area contributed by atoms with E-state index < -0.39 is 5.76 Å². The van der Waals surface area contributed by atoms with Crippen LogP contribution in [-0.2, 0) is 20.0 Å². The van der Waals surface area contributed by atoms with Crippen molar-refractivity contribution in [3.05, 3.63) is 112 Å². The second kappa shape index (κ2) is 10.3. The summed E-state index contributed by atoms with van der Waals surface area (Å²) in [4.78, 5) is 24.3. The van der Waals surface area contributed by atoms with Crippen molar-refractivity contribution < 1.29 is 4.52 Å².